The lowest BCUT2D eigenvalue weighted by Gasteiger charge is -2.57. The molecule has 1 heterocycles. The monoisotopic (exact) mass is 354 g/mol. The molecule has 6 rings (SSSR count). The molecule has 1 aromatic carbocycles. The molecule has 26 heavy (non-hydrogen) atoms. The van der Waals surface area contributed by atoms with Gasteiger partial charge in [0.05, 0.1) is 0 Å². The Hall–Kier alpha value is -1.18. The van der Waals surface area contributed by atoms with Crippen LogP contribution in [0.2, 0.25) is 0 Å². The van der Waals surface area contributed by atoms with Crippen molar-refractivity contribution in [2.45, 2.75) is 96.0 Å². The largest absolute Gasteiger partial charge is 0.504 e. The number of aromatic hydroxyl groups is 1. The summed E-state index contributed by atoms with van der Waals surface area (Å²) in [5, 5.41) is 11.4. The molecule has 0 saturated heterocycles. The van der Waals surface area contributed by atoms with Gasteiger partial charge in [-0.2, -0.15) is 0 Å². The second-order valence-corrected chi connectivity index (χ2v) is 11.6. The zero-order valence-electron chi connectivity index (χ0n) is 17.1. The molecule has 1 aromatic rings. The normalized spacial score (nSPS) is 36.9. The van der Waals surface area contributed by atoms with E-state index in [0.29, 0.717) is 5.75 Å². The highest BCUT2D eigenvalue weighted by molar-refractivity contribution is 5.61. The van der Waals surface area contributed by atoms with Gasteiger partial charge in [0.25, 0.3) is 0 Å². The first-order valence-electron chi connectivity index (χ1n) is 10.7. The Bertz CT molecular complexity index is 730. The molecule has 2 nitrogen and oxygen atoms in total. The van der Waals surface area contributed by atoms with Crippen molar-refractivity contribution in [3.05, 3.63) is 22.8 Å². The lowest BCUT2D eigenvalue weighted by Crippen LogP contribution is -2.48. The minimum atomic E-state index is -0.222. The van der Waals surface area contributed by atoms with Crippen molar-refractivity contribution in [2.24, 2.45) is 17.8 Å². The summed E-state index contributed by atoms with van der Waals surface area (Å²) in [7, 11) is 0. The summed E-state index contributed by atoms with van der Waals surface area (Å²) in [5.41, 5.74) is 3.90. The first-order valence-corrected chi connectivity index (χ1v) is 10.7. The number of benzene rings is 1. The fraction of sp³-hybridized carbons (Fsp3) is 0.750. The van der Waals surface area contributed by atoms with Crippen LogP contribution in [0, 0.1) is 17.8 Å². The molecular weight excluding hydrogens is 320 g/mol. The highest BCUT2D eigenvalue weighted by atomic mass is 16.5. The van der Waals surface area contributed by atoms with Crippen molar-refractivity contribution in [2.75, 3.05) is 0 Å². The van der Waals surface area contributed by atoms with E-state index >= 15 is 0 Å². The van der Waals surface area contributed by atoms with E-state index < -0.39 is 0 Å². The van der Waals surface area contributed by atoms with Gasteiger partial charge in [-0.15, -0.1) is 0 Å². The standard InChI is InChI=1S/C24H34O2/c1-22(2,3)18-9-19(20(25)21-17(18)13-23(4,5)26-21)24-10-14-6-15(11-24)8-16(7-14)12-24/h9,14-16,25H,6-8,10-13H2,1-5H3. The van der Waals surface area contributed by atoms with Crippen LogP contribution in [0.1, 0.15) is 89.8 Å². The zero-order chi connectivity index (χ0) is 18.5. The van der Waals surface area contributed by atoms with Gasteiger partial charge < -0.3 is 9.84 Å². The van der Waals surface area contributed by atoms with E-state index in [0.717, 1.165) is 29.9 Å². The third-order valence-corrected chi connectivity index (χ3v) is 7.76. The lowest BCUT2D eigenvalue weighted by molar-refractivity contribution is -0.00644. The van der Waals surface area contributed by atoms with Crippen LogP contribution in [0.4, 0.5) is 0 Å². The van der Waals surface area contributed by atoms with Gasteiger partial charge >= 0.3 is 0 Å². The van der Waals surface area contributed by atoms with Gasteiger partial charge in [0.15, 0.2) is 11.5 Å². The molecule has 0 aromatic heterocycles. The van der Waals surface area contributed by atoms with E-state index in [2.05, 4.69) is 40.7 Å². The van der Waals surface area contributed by atoms with Crippen LogP contribution in [0.15, 0.2) is 6.07 Å². The number of fused-ring (bicyclic) bond motifs is 1. The van der Waals surface area contributed by atoms with Gasteiger partial charge in [-0.3, -0.25) is 0 Å². The summed E-state index contributed by atoms with van der Waals surface area (Å²) in [5.74, 6) is 3.91. The minimum Gasteiger partial charge on any atom is -0.504 e. The number of hydrogen-bond acceptors (Lipinski definition) is 2. The fourth-order valence-corrected chi connectivity index (χ4v) is 7.22. The van der Waals surface area contributed by atoms with Gasteiger partial charge in [0.1, 0.15) is 5.60 Å². The molecule has 1 N–H and O–H groups in total. The number of hydrogen-bond donors (Lipinski definition) is 1. The van der Waals surface area contributed by atoms with Crippen molar-refractivity contribution >= 4 is 0 Å². The summed E-state index contributed by atoms with van der Waals surface area (Å²) < 4.78 is 6.31. The molecule has 1 aliphatic heterocycles. The molecule has 4 saturated carbocycles. The Morgan fingerprint density at radius 2 is 1.54 bits per heavy atom. The highest BCUT2D eigenvalue weighted by Crippen LogP contribution is 2.63. The maximum atomic E-state index is 11.4. The topological polar surface area (TPSA) is 29.5 Å². The maximum Gasteiger partial charge on any atom is 0.165 e. The lowest BCUT2D eigenvalue weighted by atomic mass is 9.47. The van der Waals surface area contributed by atoms with Crippen molar-refractivity contribution in [1.29, 1.82) is 0 Å². The van der Waals surface area contributed by atoms with Crippen LogP contribution in [0.25, 0.3) is 0 Å². The van der Waals surface area contributed by atoms with Crippen molar-refractivity contribution in [1.82, 2.24) is 0 Å². The molecule has 0 radical (unpaired) electrons. The van der Waals surface area contributed by atoms with Crippen LogP contribution in [0.3, 0.4) is 0 Å². The van der Waals surface area contributed by atoms with Crippen molar-refractivity contribution in [3.8, 4) is 11.5 Å². The highest BCUT2D eigenvalue weighted by Gasteiger charge is 2.53. The van der Waals surface area contributed by atoms with Gasteiger partial charge in [0.2, 0.25) is 0 Å². The third-order valence-electron chi connectivity index (χ3n) is 7.76. The molecule has 0 unspecified atom stereocenters. The Morgan fingerprint density at radius 1 is 1.00 bits per heavy atom. The third kappa shape index (κ3) is 2.36. The summed E-state index contributed by atoms with van der Waals surface area (Å²) in [6, 6.07) is 2.39. The van der Waals surface area contributed by atoms with E-state index in [1.165, 1.54) is 55.2 Å². The second-order valence-electron chi connectivity index (χ2n) is 11.6. The number of phenols is 1. The van der Waals surface area contributed by atoms with Gasteiger partial charge in [-0.1, -0.05) is 26.8 Å². The van der Waals surface area contributed by atoms with Gasteiger partial charge in [0, 0.05) is 17.5 Å². The molecular formula is C24H34O2. The summed E-state index contributed by atoms with van der Waals surface area (Å²) >= 11 is 0. The Morgan fingerprint density at radius 3 is 2.04 bits per heavy atom. The average Bonchev–Trinajstić information content (AvgIpc) is 2.80. The van der Waals surface area contributed by atoms with Crippen LogP contribution in [-0.4, -0.2) is 10.7 Å². The van der Waals surface area contributed by atoms with E-state index in [1.807, 2.05) is 0 Å². The van der Waals surface area contributed by atoms with Gasteiger partial charge in [-0.05, 0) is 86.5 Å². The van der Waals surface area contributed by atoms with Crippen LogP contribution in [0.5, 0.6) is 11.5 Å². The second kappa shape index (κ2) is 5.00. The summed E-state index contributed by atoms with van der Waals surface area (Å²) in [6.45, 7) is 11.2. The van der Waals surface area contributed by atoms with E-state index in [4.69, 9.17) is 4.74 Å². The predicted molar refractivity (Wildman–Crippen MR) is 105 cm³/mol. The summed E-state index contributed by atoms with van der Waals surface area (Å²) in [6.07, 6.45) is 9.01. The quantitative estimate of drug-likeness (QED) is 0.683. The maximum absolute atomic E-state index is 11.4. The molecule has 142 valence electrons. The first-order chi connectivity index (χ1) is 12.1. The SMILES string of the molecule is CC1(C)Cc2c(C(C)(C)C)cc(C34CC5CC(CC(C5)C3)C4)c(O)c2O1. The van der Waals surface area contributed by atoms with Gasteiger partial charge in [-0.25, -0.2) is 0 Å². The zero-order valence-corrected chi connectivity index (χ0v) is 17.1. The smallest absolute Gasteiger partial charge is 0.165 e. The molecule has 2 heteroatoms. The average molecular weight is 355 g/mol. The van der Waals surface area contributed by atoms with E-state index in [9.17, 15) is 5.11 Å². The van der Waals surface area contributed by atoms with Crippen molar-refractivity contribution < 1.29 is 9.84 Å². The number of phenolic OH excluding ortho intramolecular Hbond substituents is 1. The van der Waals surface area contributed by atoms with Crippen LogP contribution < -0.4 is 4.74 Å². The molecule has 0 amide bonds. The fourth-order valence-electron chi connectivity index (χ4n) is 7.22. The number of ether oxygens (including phenoxy) is 1. The van der Waals surface area contributed by atoms with Crippen LogP contribution >= 0.6 is 0 Å². The van der Waals surface area contributed by atoms with Crippen molar-refractivity contribution in [3.63, 3.8) is 0 Å². The molecule has 4 bridgehead atoms. The predicted octanol–water partition coefficient (Wildman–Crippen LogP) is 5.87. The molecule has 0 atom stereocenters. The van der Waals surface area contributed by atoms with E-state index in [1.54, 1.807) is 0 Å². The Labute approximate surface area is 158 Å². The molecule has 4 aliphatic carbocycles. The Kier molecular flexibility index (Phi) is 3.26. The van der Waals surface area contributed by atoms with Crippen LogP contribution in [-0.2, 0) is 17.3 Å². The minimum absolute atomic E-state index is 0.0681. The first kappa shape index (κ1) is 17.0. The Balaban J connectivity index is 1.69. The molecule has 4 fully saturated rings. The summed E-state index contributed by atoms with van der Waals surface area (Å²) in [4.78, 5) is 0. The van der Waals surface area contributed by atoms with E-state index in [-0.39, 0.29) is 16.4 Å². The number of rotatable bonds is 1. The molecule has 0 spiro atoms. The molecule has 5 aliphatic rings.